The van der Waals surface area contributed by atoms with Crippen molar-refractivity contribution in [2.45, 2.75) is 31.4 Å². The molecule has 12 heteroatoms. The van der Waals surface area contributed by atoms with E-state index in [-0.39, 0.29) is 36.5 Å². The van der Waals surface area contributed by atoms with Crippen molar-refractivity contribution in [2.75, 3.05) is 26.7 Å². The number of benzene rings is 3. The Morgan fingerprint density at radius 3 is 2.22 bits per heavy atom. The average molecular weight is 639 g/mol. The number of amides is 1. The molecule has 8 nitrogen and oxygen atoms in total. The van der Waals surface area contributed by atoms with Crippen LogP contribution in [-0.2, 0) is 27.2 Å². The topological polar surface area (TPSA) is 93.0 Å². The Morgan fingerprint density at radius 1 is 0.976 bits per heavy atom. The second-order valence-electron chi connectivity index (χ2n) is 9.88. The molecule has 2 atom stereocenters. The van der Waals surface area contributed by atoms with Gasteiger partial charge in [0.2, 0.25) is 5.91 Å². The molecular formula is C29H27Cl4N3O5. The van der Waals surface area contributed by atoms with Crippen LogP contribution in [0.1, 0.15) is 29.2 Å². The van der Waals surface area contributed by atoms with Crippen molar-refractivity contribution in [1.82, 2.24) is 9.80 Å². The van der Waals surface area contributed by atoms with Gasteiger partial charge in [-0.1, -0.05) is 70.7 Å². The Morgan fingerprint density at radius 2 is 1.61 bits per heavy atom. The van der Waals surface area contributed by atoms with Crippen LogP contribution in [0.15, 0.2) is 60.7 Å². The highest BCUT2D eigenvalue weighted by molar-refractivity contribution is 6.42. The number of carbonyl (C=O) groups is 2. The normalized spacial score (nSPS) is 15.9. The zero-order chi connectivity index (χ0) is 29.7. The van der Waals surface area contributed by atoms with Gasteiger partial charge >= 0.3 is 5.97 Å². The van der Waals surface area contributed by atoms with E-state index in [2.05, 4.69) is 4.90 Å². The van der Waals surface area contributed by atoms with Crippen LogP contribution >= 0.6 is 46.4 Å². The molecule has 1 aliphatic heterocycles. The number of nitro groups is 1. The fourth-order valence-electron chi connectivity index (χ4n) is 4.77. The number of non-ortho nitro benzene ring substituents is 1. The predicted molar refractivity (Wildman–Crippen MR) is 160 cm³/mol. The standard InChI is InChI=1S/C29H27Cl4N3O5/c1-34(28(37)13-18-5-7-23(30)25(32)11-18)27(20-3-2-4-21(15-20)36(39)40)17-35-10-9-22(16-35)41-29(38)14-19-6-8-24(31)26(33)12-19/h2-8,11-12,15,22,27H,9-10,13-14,16-17H2,1H3. The number of carbonyl (C=O) groups excluding carboxylic acids is 2. The fourth-order valence-corrected chi connectivity index (χ4v) is 5.41. The molecule has 0 aliphatic carbocycles. The molecule has 4 rings (SSSR count). The van der Waals surface area contributed by atoms with Gasteiger partial charge in [-0.15, -0.1) is 0 Å². The van der Waals surface area contributed by atoms with Crippen LogP contribution in [0, 0.1) is 10.1 Å². The lowest BCUT2D eigenvalue weighted by Gasteiger charge is -2.32. The van der Waals surface area contributed by atoms with Crippen LogP contribution in [0.4, 0.5) is 5.69 Å². The number of likely N-dealkylation sites (tertiary alicyclic amines) is 1. The van der Waals surface area contributed by atoms with Crippen molar-refractivity contribution in [2.24, 2.45) is 0 Å². The molecule has 1 heterocycles. The van der Waals surface area contributed by atoms with Gasteiger partial charge in [0.25, 0.3) is 5.69 Å². The van der Waals surface area contributed by atoms with Crippen LogP contribution in [0.5, 0.6) is 0 Å². The summed E-state index contributed by atoms with van der Waals surface area (Å²) in [4.78, 5) is 40.6. The summed E-state index contributed by atoms with van der Waals surface area (Å²) in [5.41, 5.74) is 1.97. The van der Waals surface area contributed by atoms with Gasteiger partial charge in [-0.25, -0.2) is 0 Å². The Kier molecular flexibility index (Phi) is 10.5. The van der Waals surface area contributed by atoms with Gasteiger partial charge in [-0.05, 0) is 47.4 Å². The van der Waals surface area contributed by atoms with E-state index < -0.39 is 11.0 Å². The summed E-state index contributed by atoms with van der Waals surface area (Å²) in [6, 6.07) is 15.8. The Balaban J connectivity index is 1.45. The van der Waals surface area contributed by atoms with E-state index in [9.17, 15) is 19.7 Å². The first kappa shape index (κ1) is 31.1. The molecule has 1 saturated heterocycles. The maximum atomic E-state index is 13.4. The number of hydrogen-bond donors (Lipinski definition) is 0. The molecule has 3 aromatic rings. The zero-order valence-corrected chi connectivity index (χ0v) is 25.1. The minimum Gasteiger partial charge on any atom is -0.461 e. The minimum atomic E-state index is -0.490. The molecular weight excluding hydrogens is 612 g/mol. The van der Waals surface area contributed by atoms with Crippen molar-refractivity contribution >= 4 is 64.0 Å². The number of nitro benzene ring substituents is 1. The van der Waals surface area contributed by atoms with Gasteiger partial charge in [0.15, 0.2) is 0 Å². The number of likely N-dealkylation sites (N-methyl/N-ethyl adjacent to an activating group) is 1. The molecule has 0 spiro atoms. The second-order valence-corrected chi connectivity index (χ2v) is 11.5. The highest BCUT2D eigenvalue weighted by atomic mass is 35.5. The number of rotatable bonds is 10. The molecule has 0 radical (unpaired) electrons. The molecule has 3 aromatic carbocycles. The van der Waals surface area contributed by atoms with Crippen molar-refractivity contribution in [3.8, 4) is 0 Å². The largest absolute Gasteiger partial charge is 0.461 e. The third kappa shape index (κ3) is 8.33. The molecule has 0 bridgehead atoms. The Bertz CT molecular complexity index is 1450. The van der Waals surface area contributed by atoms with E-state index in [0.717, 1.165) is 0 Å². The molecule has 1 fully saturated rings. The third-order valence-corrected chi connectivity index (χ3v) is 8.43. The number of ether oxygens (including phenoxy) is 1. The summed E-state index contributed by atoms with van der Waals surface area (Å²) < 4.78 is 5.71. The highest BCUT2D eigenvalue weighted by Crippen LogP contribution is 2.29. The van der Waals surface area contributed by atoms with E-state index in [0.29, 0.717) is 62.8 Å². The van der Waals surface area contributed by atoms with Gasteiger partial charge in [-0.3, -0.25) is 24.6 Å². The van der Waals surface area contributed by atoms with Gasteiger partial charge in [0, 0.05) is 38.8 Å². The van der Waals surface area contributed by atoms with Crippen LogP contribution in [0.2, 0.25) is 20.1 Å². The molecule has 0 saturated carbocycles. The predicted octanol–water partition coefficient (Wildman–Crippen LogP) is 6.81. The smallest absolute Gasteiger partial charge is 0.310 e. The van der Waals surface area contributed by atoms with Crippen LogP contribution in [0.25, 0.3) is 0 Å². The van der Waals surface area contributed by atoms with Crippen molar-refractivity contribution in [3.63, 3.8) is 0 Å². The van der Waals surface area contributed by atoms with E-state index in [1.807, 2.05) is 0 Å². The zero-order valence-electron chi connectivity index (χ0n) is 22.1. The quantitative estimate of drug-likeness (QED) is 0.138. The third-order valence-electron chi connectivity index (χ3n) is 6.96. The molecule has 216 valence electrons. The maximum Gasteiger partial charge on any atom is 0.310 e. The van der Waals surface area contributed by atoms with E-state index >= 15 is 0 Å². The summed E-state index contributed by atoms with van der Waals surface area (Å²) in [6.45, 7) is 1.49. The highest BCUT2D eigenvalue weighted by Gasteiger charge is 2.31. The maximum absolute atomic E-state index is 13.4. The molecule has 0 aromatic heterocycles. The van der Waals surface area contributed by atoms with Crippen LogP contribution in [-0.4, -0.2) is 59.4 Å². The lowest BCUT2D eigenvalue weighted by molar-refractivity contribution is -0.385. The average Bonchev–Trinajstić information content (AvgIpc) is 3.37. The van der Waals surface area contributed by atoms with Crippen LogP contribution in [0.3, 0.4) is 0 Å². The Labute approximate surface area is 257 Å². The molecule has 0 N–H and O–H groups in total. The van der Waals surface area contributed by atoms with Crippen LogP contribution < -0.4 is 0 Å². The fraction of sp³-hybridized carbons (Fsp3) is 0.310. The van der Waals surface area contributed by atoms with Gasteiger partial charge in [0.05, 0.1) is 43.9 Å². The van der Waals surface area contributed by atoms with E-state index in [4.69, 9.17) is 51.1 Å². The van der Waals surface area contributed by atoms with Gasteiger partial charge < -0.3 is 9.64 Å². The van der Waals surface area contributed by atoms with E-state index in [1.165, 1.54) is 12.1 Å². The number of hydrogen-bond acceptors (Lipinski definition) is 6. The SMILES string of the molecule is CN(C(=O)Cc1ccc(Cl)c(Cl)c1)C(CN1CCC(OC(=O)Cc2ccc(Cl)c(Cl)c2)C1)c1cccc([N+](=O)[O-])c1. The monoisotopic (exact) mass is 637 g/mol. The summed E-state index contributed by atoms with van der Waals surface area (Å²) >= 11 is 24.1. The second kappa shape index (κ2) is 13.9. The molecule has 1 amide bonds. The first-order chi connectivity index (χ1) is 19.5. The summed E-state index contributed by atoms with van der Waals surface area (Å²) in [5, 5.41) is 13.0. The van der Waals surface area contributed by atoms with Crippen molar-refractivity contribution in [3.05, 3.63) is 108 Å². The lowest BCUT2D eigenvalue weighted by Crippen LogP contribution is -2.39. The number of halogens is 4. The molecule has 2 unspecified atom stereocenters. The number of nitrogens with zero attached hydrogens (tertiary/aromatic N) is 3. The summed E-state index contributed by atoms with van der Waals surface area (Å²) in [7, 11) is 1.67. The minimum absolute atomic E-state index is 0.0617. The Hall–Kier alpha value is -2.88. The van der Waals surface area contributed by atoms with E-state index in [1.54, 1.807) is 60.5 Å². The molecule has 41 heavy (non-hydrogen) atoms. The molecule has 1 aliphatic rings. The summed E-state index contributed by atoms with van der Waals surface area (Å²) in [5.74, 6) is -0.567. The first-order valence-corrected chi connectivity index (χ1v) is 14.3. The lowest BCUT2D eigenvalue weighted by atomic mass is 10.0. The van der Waals surface area contributed by atoms with Crippen molar-refractivity contribution in [1.29, 1.82) is 0 Å². The van der Waals surface area contributed by atoms with Crippen molar-refractivity contribution < 1.29 is 19.2 Å². The first-order valence-electron chi connectivity index (χ1n) is 12.8. The summed E-state index contributed by atoms with van der Waals surface area (Å²) in [6.07, 6.45) is 0.437. The van der Waals surface area contributed by atoms with Gasteiger partial charge in [0.1, 0.15) is 6.10 Å². The number of esters is 1. The van der Waals surface area contributed by atoms with Gasteiger partial charge in [-0.2, -0.15) is 0 Å².